The van der Waals surface area contributed by atoms with E-state index in [0.717, 1.165) is 0 Å². The van der Waals surface area contributed by atoms with Crippen LogP contribution in [0.2, 0.25) is 10.0 Å². The lowest BCUT2D eigenvalue weighted by molar-refractivity contribution is 0.0693. The van der Waals surface area contributed by atoms with E-state index in [0.29, 0.717) is 16.1 Å². The molecule has 2 aromatic rings. The second-order valence-electron chi connectivity index (χ2n) is 4.23. The monoisotopic (exact) mass is 312 g/mol. The molecule has 6 heteroatoms. The van der Waals surface area contributed by atoms with E-state index in [2.05, 4.69) is 0 Å². The zero-order chi connectivity index (χ0) is 14.9. The van der Waals surface area contributed by atoms with Crippen molar-refractivity contribution in [1.29, 1.82) is 0 Å². The SMILES string of the molecule is O=C(O)c1ccc(Cc2cc(Cl)cc(Cl)c2O)cc1O. The molecule has 0 bridgehead atoms. The van der Waals surface area contributed by atoms with Crippen LogP contribution in [0.3, 0.4) is 0 Å². The lowest BCUT2D eigenvalue weighted by Crippen LogP contribution is -1.98. The number of carboxylic acids is 1. The minimum atomic E-state index is -1.21. The molecule has 3 N–H and O–H groups in total. The standard InChI is InChI=1S/C14H10Cl2O4/c15-9-5-8(13(18)11(16)6-9)3-7-1-2-10(14(19)20)12(17)4-7/h1-2,4-6,17-18H,3H2,(H,19,20). The fourth-order valence-corrected chi connectivity index (χ4v) is 2.38. The van der Waals surface area contributed by atoms with E-state index >= 15 is 0 Å². The molecule has 20 heavy (non-hydrogen) atoms. The summed E-state index contributed by atoms with van der Waals surface area (Å²) in [5.41, 5.74) is 0.938. The smallest absolute Gasteiger partial charge is 0.339 e. The Labute approximate surface area is 124 Å². The van der Waals surface area contributed by atoms with Crippen molar-refractivity contribution in [3.63, 3.8) is 0 Å². The molecule has 2 aromatic carbocycles. The third-order valence-electron chi connectivity index (χ3n) is 2.79. The molecule has 0 saturated heterocycles. The Morgan fingerprint density at radius 2 is 1.80 bits per heavy atom. The van der Waals surface area contributed by atoms with Gasteiger partial charge in [0.25, 0.3) is 0 Å². The van der Waals surface area contributed by atoms with Gasteiger partial charge in [-0.25, -0.2) is 4.79 Å². The van der Waals surface area contributed by atoms with Crippen LogP contribution in [-0.4, -0.2) is 21.3 Å². The van der Waals surface area contributed by atoms with Crippen LogP contribution in [0.15, 0.2) is 30.3 Å². The molecule has 0 fully saturated rings. The van der Waals surface area contributed by atoms with E-state index in [1.807, 2.05) is 0 Å². The quantitative estimate of drug-likeness (QED) is 0.807. The molecule has 2 rings (SSSR count). The lowest BCUT2D eigenvalue weighted by atomic mass is 10.0. The fraction of sp³-hybridized carbons (Fsp3) is 0.0714. The molecule has 0 unspecified atom stereocenters. The molecule has 0 saturated carbocycles. The molecule has 0 aliphatic carbocycles. The van der Waals surface area contributed by atoms with E-state index in [1.54, 1.807) is 12.1 Å². The molecular formula is C14H10Cl2O4. The fourth-order valence-electron chi connectivity index (χ4n) is 1.84. The molecular weight excluding hydrogens is 303 g/mol. The molecule has 0 spiro atoms. The van der Waals surface area contributed by atoms with Crippen molar-refractivity contribution in [3.05, 3.63) is 57.1 Å². The van der Waals surface area contributed by atoms with Crippen LogP contribution in [0, 0.1) is 0 Å². The average molecular weight is 313 g/mol. The number of hydrogen-bond acceptors (Lipinski definition) is 3. The zero-order valence-corrected chi connectivity index (χ0v) is 11.6. The molecule has 0 radical (unpaired) electrons. The Bertz CT molecular complexity index is 683. The maximum atomic E-state index is 10.8. The summed E-state index contributed by atoms with van der Waals surface area (Å²) < 4.78 is 0. The molecule has 4 nitrogen and oxygen atoms in total. The number of phenols is 2. The highest BCUT2D eigenvalue weighted by atomic mass is 35.5. The largest absolute Gasteiger partial charge is 0.507 e. The third-order valence-corrected chi connectivity index (χ3v) is 3.30. The Morgan fingerprint density at radius 3 is 2.40 bits per heavy atom. The number of aromatic hydroxyl groups is 2. The van der Waals surface area contributed by atoms with Gasteiger partial charge < -0.3 is 15.3 Å². The van der Waals surface area contributed by atoms with Crippen LogP contribution in [0.25, 0.3) is 0 Å². The molecule has 0 amide bonds. The maximum absolute atomic E-state index is 10.8. The highest BCUT2D eigenvalue weighted by molar-refractivity contribution is 6.35. The number of carbonyl (C=O) groups is 1. The molecule has 0 aromatic heterocycles. The highest BCUT2D eigenvalue weighted by Gasteiger charge is 2.12. The van der Waals surface area contributed by atoms with E-state index in [9.17, 15) is 15.0 Å². The van der Waals surface area contributed by atoms with Crippen molar-refractivity contribution in [2.45, 2.75) is 6.42 Å². The highest BCUT2D eigenvalue weighted by Crippen LogP contribution is 2.33. The van der Waals surface area contributed by atoms with Crippen molar-refractivity contribution in [1.82, 2.24) is 0 Å². The molecule has 0 heterocycles. The van der Waals surface area contributed by atoms with E-state index < -0.39 is 5.97 Å². The van der Waals surface area contributed by atoms with Crippen molar-refractivity contribution in [2.75, 3.05) is 0 Å². The summed E-state index contributed by atoms with van der Waals surface area (Å²) in [7, 11) is 0. The predicted molar refractivity (Wildman–Crippen MR) is 76.0 cm³/mol. The summed E-state index contributed by atoms with van der Waals surface area (Å²) in [5, 5.41) is 28.8. The summed E-state index contributed by atoms with van der Waals surface area (Å²) >= 11 is 11.7. The average Bonchev–Trinajstić information content (AvgIpc) is 2.35. The summed E-state index contributed by atoms with van der Waals surface area (Å²) in [6, 6.07) is 7.17. The van der Waals surface area contributed by atoms with Gasteiger partial charge >= 0.3 is 5.97 Å². The minimum Gasteiger partial charge on any atom is -0.507 e. The van der Waals surface area contributed by atoms with Gasteiger partial charge in [0, 0.05) is 17.0 Å². The van der Waals surface area contributed by atoms with Crippen LogP contribution in [-0.2, 0) is 6.42 Å². The van der Waals surface area contributed by atoms with Gasteiger partial charge in [0.2, 0.25) is 0 Å². The minimum absolute atomic E-state index is 0.0853. The van der Waals surface area contributed by atoms with Gasteiger partial charge in [-0.05, 0) is 29.8 Å². The summed E-state index contributed by atoms with van der Waals surface area (Å²) in [5.74, 6) is -1.62. The predicted octanol–water partition coefficient (Wildman–Crippen LogP) is 3.69. The first-order valence-electron chi connectivity index (χ1n) is 5.60. The second-order valence-corrected chi connectivity index (χ2v) is 5.07. The second kappa shape index (κ2) is 5.61. The molecule has 0 aliphatic rings. The Morgan fingerprint density at radius 1 is 1.10 bits per heavy atom. The van der Waals surface area contributed by atoms with Gasteiger partial charge in [0.1, 0.15) is 17.1 Å². The first kappa shape index (κ1) is 14.5. The summed E-state index contributed by atoms with van der Waals surface area (Å²) in [6.45, 7) is 0. The van der Waals surface area contributed by atoms with E-state index in [4.69, 9.17) is 28.3 Å². The number of phenolic OH excluding ortho intramolecular Hbond substituents is 1. The van der Waals surface area contributed by atoms with Gasteiger partial charge in [-0.15, -0.1) is 0 Å². The zero-order valence-electron chi connectivity index (χ0n) is 10.1. The van der Waals surface area contributed by atoms with Crippen LogP contribution in [0.4, 0.5) is 0 Å². The molecule has 104 valence electrons. The van der Waals surface area contributed by atoms with E-state index in [1.165, 1.54) is 18.2 Å². The van der Waals surface area contributed by atoms with Crippen molar-refractivity contribution in [2.24, 2.45) is 0 Å². The van der Waals surface area contributed by atoms with Gasteiger partial charge in [0.15, 0.2) is 0 Å². The number of benzene rings is 2. The Hall–Kier alpha value is -1.91. The van der Waals surface area contributed by atoms with Gasteiger partial charge in [0.05, 0.1) is 5.02 Å². The Balaban J connectivity index is 2.36. The van der Waals surface area contributed by atoms with Crippen molar-refractivity contribution >= 4 is 29.2 Å². The van der Waals surface area contributed by atoms with Crippen LogP contribution in [0.5, 0.6) is 11.5 Å². The first-order chi connectivity index (χ1) is 9.38. The number of aromatic carboxylic acids is 1. The molecule has 0 aliphatic heterocycles. The summed E-state index contributed by atoms with van der Waals surface area (Å²) in [4.78, 5) is 10.8. The van der Waals surface area contributed by atoms with Crippen LogP contribution >= 0.6 is 23.2 Å². The van der Waals surface area contributed by atoms with Gasteiger partial charge in [-0.1, -0.05) is 29.3 Å². The van der Waals surface area contributed by atoms with Crippen LogP contribution < -0.4 is 0 Å². The number of carboxylic acid groups (broad SMARTS) is 1. The van der Waals surface area contributed by atoms with E-state index in [-0.39, 0.29) is 28.5 Å². The molecule has 0 atom stereocenters. The summed E-state index contributed by atoms with van der Waals surface area (Å²) in [6.07, 6.45) is 0.263. The maximum Gasteiger partial charge on any atom is 0.339 e. The number of rotatable bonds is 3. The topological polar surface area (TPSA) is 77.8 Å². The normalized spacial score (nSPS) is 10.5. The van der Waals surface area contributed by atoms with Crippen molar-refractivity contribution < 1.29 is 20.1 Å². The van der Waals surface area contributed by atoms with Crippen molar-refractivity contribution in [3.8, 4) is 11.5 Å². The lowest BCUT2D eigenvalue weighted by Gasteiger charge is -2.08. The number of hydrogen-bond donors (Lipinski definition) is 3. The first-order valence-corrected chi connectivity index (χ1v) is 6.36. The Kier molecular flexibility index (Phi) is 4.06. The van der Waals surface area contributed by atoms with Gasteiger partial charge in [-0.3, -0.25) is 0 Å². The van der Waals surface area contributed by atoms with Gasteiger partial charge in [-0.2, -0.15) is 0 Å². The number of halogens is 2. The van der Waals surface area contributed by atoms with Crippen LogP contribution in [0.1, 0.15) is 21.5 Å². The third kappa shape index (κ3) is 2.98.